The number of aromatic nitrogens is 7. The lowest BCUT2D eigenvalue weighted by atomic mass is 9.92. The number of nitrogens with zero attached hydrogens (tertiary/aromatic N) is 7. The summed E-state index contributed by atoms with van der Waals surface area (Å²) >= 11 is 0. The molecule has 4 rings (SSSR count). The van der Waals surface area contributed by atoms with Crippen molar-refractivity contribution in [2.45, 2.75) is 67.5 Å². The number of ether oxygens (including phenoxy) is 1. The SMILES string of the molecule is CC(C)(C)CCn1cc(-c2cccnc2)nn1.COc1ccc(-c2cn(CCC(C)(C)C)nn2)cc1. The second-order valence-electron chi connectivity index (χ2n) is 11.3. The summed E-state index contributed by atoms with van der Waals surface area (Å²) in [6.45, 7) is 15.2. The first-order valence-corrected chi connectivity index (χ1v) is 12.4. The molecule has 36 heavy (non-hydrogen) atoms. The van der Waals surface area contributed by atoms with Crippen LogP contribution in [0.1, 0.15) is 54.4 Å². The first-order valence-electron chi connectivity index (χ1n) is 12.4. The van der Waals surface area contributed by atoms with E-state index in [1.54, 1.807) is 19.5 Å². The Balaban J connectivity index is 0.000000202. The predicted octanol–water partition coefficient (Wildman–Crippen LogP) is 6.17. The fraction of sp³-hybridized carbons (Fsp3) is 0.464. The summed E-state index contributed by atoms with van der Waals surface area (Å²) in [6, 6.07) is 11.8. The predicted molar refractivity (Wildman–Crippen MR) is 143 cm³/mol. The maximum absolute atomic E-state index is 5.15. The number of pyridine rings is 1. The van der Waals surface area contributed by atoms with Gasteiger partial charge in [-0.25, -0.2) is 0 Å². The van der Waals surface area contributed by atoms with E-state index in [2.05, 4.69) is 67.2 Å². The molecule has 3 heterocycles. The van der Waals surface area contributed by atoms with Crippen LogP contribution in [0.5, 0.6) is 5.75 Å². The molecule has 0 atom stereocenters. The molecule has 8 nitrogen and oxygen atoms in total. The average molecular weight is 490 g/mol. The first-order chi connectivity index (χ1) is 17.0. The van der Waals surface area contributed by atoms with Crippen LogP contribution >= 0.6 is 0 Å². The van der Waals surface area contributed by atoms with Gasteiger partial charge in [-0.1, -0.05) is 52.0 Å². The summed E-state index contributed by atoms with van der Waals surface area (Å²) in [5.74, 6) is 0.851. The van der Waals surface area contributed by atoms with Crippen LogP contribution in [0.4, 0.5) is 0 Å². The molecule has 3 aromatic heterocycles. The molecule has 0 spiro atoms. The summed E-state index contributed by atoms with van der Waals surface area (Å²) in [5.41, 5.74) is 4.48. The van der Waals surface area contributed by atoms with Crippen molar-refractivity contribution in [3.05, 3.63) is 61.2 Å². The number of methoxy groups -OCH3 is 1. The topological polar surface area (TPSA) is 83.5 Å². The van der Waals surface area contributed by atoms with Gasteiger partial charge >= 0.3 is 0 Å². The Morgan fingerprint density at radius 2 is 1.25 bits per heavy atom. The summed E-state index contributed by atoms with van der Waals surface area (Å²) in [7, 11) is 1.66. The largest absolute Gasteiger partial charge is 0.497 e. The highest BCUT2D eigenvalue weighted by molar-refractivity contribution is 5.58. The van der Waals surface area contributed by atoms with Crippen LogP contribution in [0.3, 0.4) is 0 Å². The molecule has 0 aliphatic carbocycles. The van der Waals surface area contributed by atoms with E-state index in [0.717, 1.165) is 54.2 Å². The van der Waals surface area contributed by atoms with Gasteiger partial charge in [0.05, 0.1) is 19.5 Å². The van der Waals surface area contributed by atoms with Crippen LogP contribution in [0, 0.1) is 10.8 Å². The zero-order chi connectivity index (χ0) is 26.2. The Labute approximate surface area is 214 Å². The number of hydrogen-bond acceptors (Lipinski definition) is 6. The zero-order valence-corrected chi connectivity index (χ0v) is 22.6. The monoisotopic (exact) mass is 489 g/mol. The standard InChI is InChI=1S/C15H21N3O.C13H18N4/c1-15(2,3)9-10-18-11-14(16-17-18)12-5-7-13(19-4)8-6-12;1-13(2,3)6-8-17-10-12(15-16-17)11-5-4-7-14-9-11/h5-8,11H,9-10H2,1-4H3;4-5,7,9-10H,6,8H2,1-3H3. The van der Waals surface area contributed by atoms with E-state index >= 15 is 0 Å². The van der Waals surface area contributed by atoms with Crippen LogP contribution in [0.25, 0.3) is 22.5 Å². The van der Waals surface area contributed by atoms with Crippen molar-refractivity contribution in [1.29, 1.82) is 0 Å². The average Bonchev–Trinajstić information content (AvgIpc) is 3.52. The van der Waals surface area contributed by atoms with E-state index in [4.69, 9.17) is 4.74 Å². The third-order valence-corrected chi connectivity index (χ3v) is 5.60. The van der Waals surface area contributed by atoms with Crippen molar-refractivity contribution in [3.8, 4) is 28.3 Å². The maximum Gasteiger partial charge on any atom is 0.118 e. The normalized spacial score (nSPS) is 11.6. The number of aryl methyl sites for hydroxylation is 2. The lowest BCUT2D eigenvalue weighted by Gasteiger charge is -2.17. The highest BCUT2D eigenvalue weighted by atomic mass is 16.5. The summed E-state index contributed by atoms with van der Waals surface area (Å²) < 4.78 is 8.95. The zero-order valence-electron chi connectivity index (χ0n) is 22.6. The molecule has 0 radical (unpaired) electrons. The van der Waals surface area contributed by atoms with E-state index < -0.39 is 0 Å². The van der Waals surface area contributed by atoms with Gasteiger partial charge in [-0.15, -0.1) is 10.2 Å². The molecule has 0 unspecified atom stereocenters. The number of benzene rings is 1. The molecule has 0 saturated carbocycles. The molecule has 0 bridgehead atoms. The van der Waals surface area contributed by atoms with Crippen molar-refractivity contribution in [1.82, 2.24) is 35.0 Å². The van der Waals surface area contributed by atoms with Crippen molar-refractivity contribution in [3.63, 3.8) is 0 Å². The van der Waals surface area contributed by atoms with Gasteiger partial charge in [-0.05, 0) is 60.1 Å². The lowest BCUT2D eigenvalue weighted by molar-refractivity contribution is 0.338. The smallest absolute Gasteiger partial charge is 0.118 e. The quantitative estimate of drug-likeness (QED) is 0.309. The molecule has 192 valence electrons. The summed E-state index contributed by atoms with van der Waals surface area (Å²) in [4.78, 5) is 4.08. The minimum absolute atomic E-state index is 0.312. The third-order valence-electron chi connectivity index (χ3n) is 5.60. The van der Waals surface area contributed by atoms with E-state index in [1.807, 2.05) is 58.2 Å². The molecule has 0 amide bonds. The number of rotatable bonds is 7. The van der Waals surface area contributed by atoms with Crippen LogP contribution in [-0.4, -0.2) is 42.1 Å². The van der Waals surface area contributed by atoms with Crippen LogP contribution in [0.2, 0.25) is 0 Å². The van der Waals surface area contributed by atoms with Gasteiger partial charge in [-0.2, -0.15) is 0 Å². The van der Waals surface area contributed by atoms with Gasteiger partial charge in [0.15, 0.2) is 0 Å². The second-order valence-corrected chi connectivity index (χ2v) is 11.3. The molecule has 0 fully saturated rings. The molecule has 0 aliphatic heterocycles. The van der Waals surface area contributed by atoms with E-state index in [-0.39, 0.29) is 0 Å². The minimum Gasteiger partial charge on any atom is -0.497 e. The minimum atomic E-state index is 0.312. The van der Waals surface area contributed by atoms with Gasteiger partial charge < -0.3 is 4.74 Å². The molecule has 1 aromatic carbocycles. The Morgan fingerprint density at radius 1 is 0.722 bits per heavy atom. The van der Waals surface area contributed by atoms with E-state index in [9.17, 15) is 0 Å². The molecular weight excluding hydrogens is 450 g/mol. The van der Waals surface area contributed by atoms with Crippen LogP contribution < -0.4 is 4.74 Å². The summed E-state index contributed by atoms with van der Waals surface area (Å²) in [6.07, 6.45) is 9.70. The molecule has 0 N–H and O–H groups in total. The molecular formula is C28H39N7O. The maximum atomic E-state index is 5.15. The van der Waals surface area contributed by atoms with Crippen LogP contribution in [0.15, 0.2) is 61.2 Å². The lowest BCUT2D eigenvalue weighted by Crippen LogP contribution is -2.10. The van der Waals surface area contributed by atoms with Gasteiger partial charge in [0.1, 0.15) is 17.1 Å². The van der Waals surface area contributed by atoms with Crippen LogP contribution in [-0.2, 0) is 13.1 Å². The Hall–Kier alpha value is -3.55. The Kier molecular flexibility index (Phi) is 8.96. The third kappa shape index (κ3) is 8.91. The van der Waals surface area contributed by atoms with Gasteiger partial charge in [-0.3, -0.25) is 14.3 Å². The Bertz CT molecular complexity index is 1180. The van der Waals surface area contributed by atoms with Gasteiger partial charge in [0, 0.05) is 36.6 Å². The summed E-state index contributed by atoms with van der Waals surface area (Å²) in [5, 5.41) is 16.7. The molecule has 4 aromatic rings. The van der Waals surface area contributed by atoms with Crippen molar-refractivity contribution in [2.24, 2.45) is 10.8 Å². The molecule has 0 saturated heterocycles. The highest BCUT2D eigenvalue weighted by Gasteiger charge is 2.12. The second kappa shape index (κ2) is 11.9. The van der Waals surface area contributed by atoms with Gasteiger partial charge in [0.2, 0.25) is 0 Å². The van der Waals surface area contributed by atoms with Gasteiger partial charge in [0.25, 0.3) is 0 Å². The highest BCUT2D eigenvalue weighted by Crippen LogP contribution is 2.22. The van der Waals surface area contributed by atoms with E-state index in [1.165, 1.54) is 0 Å². The Morgan fingerprint density at radius 3 is 1.69 bits per heavy atom. The molecule has 0 aliphatic rings. The first kappa shape index (κ1) is 27.0. The van der Waals surface area contributed by atoms with Crippen molar-refractivity contribution < 1.29 is 4.74 Å². The fourth-order valence-electron chi connectivity index (χ4n) is 3.26. The van der Waals surface area contributed by atoms with Crippen molar-refractivity contribution in [2.75, 3.05) is 7.11 Å². The van der Waals surface area contributed by atoms with Crippen molar-refractivity contribution >= 4 is 0 Å². The number of hydrogen-bond donors (Lipinski definition) is 0. The molecule has 8 heteroatoms. The van der Waals surface area contributed by atoms with E-state index in [0.29, 0.717) is 10.8 Å². The fourth-order valence-corrected chi connectivity index (χ4v) is 3.26.